The topological polar surface area (TPSA) is 38.7 Å². The van der Waals surface area contributed by atoms with Crippen LogP contribution in [-0.4, -0.2) is 25.4 Å². The minimum Gasteiger partial charge on any atom is -0.491 e. The minimum atomic E-state index is -0.469. The monoisotopic (exact) mass is 252 g/mol. The molecule has 3 nitrogen and oxygen atoms in total. The van der Waals surface area contributed by atoms with Crippen molar-refractivity contribution in [1.82, 2.24) is 0 Å². The van der Waals surface area contributed by atoms with E-state index in [2.05, 4.69) is 13.8 Å². The largest absolute Gasteiger partial charge is 0.491 e. The Morgan fingerprint density at radius 2 is 1.94 bits per heavy atom. The van der Waals surface area contributed by atoms with Crippen LogP contribution in [0.5, 0.6) is 5.75 Å². The summed E-state index contributed by atoms with van der Waals surface area (Å²) in [5, 5.41) is 10.3. The molecule has 2 atom stereocenters. The first-order valence-electron chi connectivity index (χ1n) is 6.59. The van der Waals surface area contributed by atoms with E-state index in [0.29, 0.717) is 13.2 Å². The number of hydrogen-bond donors (Lipinski definition) is 1. The lowest BCUT2D eigenvalue weighted by atomic mass is 9.93. The average Bonchev–Trinajstić information content (AvgIpc) is 2.39. The van der Waals surface area contributed by atoms with E-state index in [4.69, 9.17) is 9.47 Å². The van der Waals surface area contributed by atoms with Crippen molar-refractivity contribution in [2.45, 2.75) is 32.8 Å². The Balaban J connectivity index is 2.73. The van der Waals surface area contributed by atoms with Crippen LogP contribution in [0.25, 0.3) is 0 Å². The van der Waals surface area contributed by atoms with Crippen LogP contribution in [0.2, 0.25) is 0 Å². The SMILES string of the molecule is CCCC(C)C(O)c1ccccc1OCCOC. The Bertz CT molecular complexity index is 338. The molecule has 0 amide bonds. The van der Waals surface area contributed by atoms with E-state index in [1.807, 2.05) is 24.3 Å². The smallest absolute Gasteiger partial charge is 0.125 e. The second-order valence-corrected chi connectivity index (χ2v) is 4.59. The van der Waals surface area contributed by atoms with E-state index >= 15 is 0 Å². The predicted octanol–water partition coefficient (Wildman–Crippen LogP) is 3.18. The quantitative estimate of drug-likeness (QED) is 0.722. The molecule has 18 heavy (non-hydrogen) atoms. The highest BCUT2D eigenvalue weighted by atomic mass is 16.5. The van der Waals surface area contributed by atoms with Gasteiger partial charge in [-0.05, 0) is 18.4 Å². The van der Waals surface area contributed by atoms with Crippen molar-refractivity contribution in [2.75, 3.05) is 20.3 Å². The Morgan fingerprint density at radius 3 is 2.61 bits per heavy atom. The third-order valence-corrected chi connectivity index (χ3v) is 3.07. The normalized spacial score (nSPS) is 14.2. The van der Waals surface area contributed by atoms with Gasteiger partial charge in [0, 0.05) is 12.7 Å². The van der Waals surface area contributed by atoms with Crippen molar-refractivity contribution in [2.24, 2.45) is 5.92 Å². The van der Waals surface area contributed by atoms with Gasteiger partial charge in [0.05, 0.1) is 12.7 Å². The Morgan fingerprint density at radius 1 is 1.22 bits per heavy atom. The van der Waals surface area contributed by atoms with Crippen molar-refractivity contribution in [3.05, 3.63) is 29.8 Å². The zero-order valence-electron chi connectivity index (χ0n) is 11.6. The molecule has 0 aliphatic carbocycles. The van der Waals surface area contributed by atoms with Gasteiger partial charge in [-0.1, -0.05) is 38.5 Å². The molecule has 0 fully saturated rings. The van der Waals surface area contributed by atoms with E-state index < -0.39 is 6.10 Å². The number of aliphatic hydroxyl groups excluding tert-OH is 1. The summed E-state index contributed by atoms with van der Waals surface area (Å²) in [5.74, 6) is 0.993. The molecule has 102 valence electrons. The summed E-state index contributed by atoms with van der Waals surface area (Å²) < 4.78 is 10.6. The summed E-state index contributed by atoms with van der Waals surface area (Å²) in [5.41, 5.74) is 0.870. The lowest BCUT2D eigenvalue weighted by Gasteiger charge is -2.21. The van der Waals surface area contributed by atoms with E-state index in [0.717, 1.165) is 24.2 Å². The van der Waals surface area contributed by atoms with Gasteiger partial charge in [-0.2, -0.15) is 0 Å². The molecular formula is C15H24O3. The standard InChI is InChI=1S/C15H24O3/c1-4-7-12(2)15(16)13-8-5-6-9-14(13)18-11-10-17-3/h5-6,8-9,12,15-16H,4,7,10-11H2,1-3H3. The van der Waals surface area contributed by atoms with Gasteiger partial charge in [0.25, 0.3) is 0 Å². The molecule has 1 aromatic rings. The van der Waals surface area contributed by atoms with Crippen LogP contribution in [0.4, 0.5) is 0 Å². The fourth-order valence-corrected chi connectivity index (χ4v) is 2.01. The molecule has 0 aliphatic heterocycles. The number of aliphatic hydroxyl groups is 1. The fourth-order valence-electron chi connectivity index (χ4n) is 2.01. The summed E-state index contributed by atoms with van der Waals surface area (Å²) in [4.78, 5) is 0. The molecule has 1 aromatic carbocycles. The van der Waals surface area contributed by atoms with E-state index in [1.54, 1.807) is 7.11 Å². The Kier molecular flexibility index (Phi) is 6.76. The number of benzene rings is 1. The highest BCUT2D eigenvalue weighted by Gasteiger charge is 2.19. The maximum Gasteiger partial charge on any atom is 0.125 e. The first-order chi connectivity index (χ1) is 8.70. The second-order valence-electron chi connectivity index (χ2n) is 4.59. The van der Waals surface area contributed by atoms with Gasteiger partial charge in [0.2, 0.25) is 0 Å². The van der Waals surface area contributed by atoms with Gasteiger partial charge >= 0.3 is 0 Å². The third kappa shape index (κ3) is 4.31. The first kappa shape index (κ1) is 15.0. The van der Waals surface area contributed by atoms with Gasteiger partial charge < -0.3 is 14.6 Å². The van der Waals surface area contributed by atoms with Crippen molar-refractivity contribution in [1.29, 1.82) is 0 Å². The van der Waals surface area contributed by atoms with Crippen molar-refractivity contribution in [3.8, 4) is 5.75 Å². The van der Waals surface area contributed by atoms with Crippen LogP contribution in [0.3, 0.4) is 0 Å². The van der Waals surface area contributed by atoms with Gasteiger partial charge in [0.1, 0.15) is 12.4 Å². The summed E-state index contributed by atoms with van der Waals surface area (Å²) in [6.45, 7) is 5.25. The maximum absolute atomic E-state index is 10.3. The minimum absolute atomic E-state index is 0.238. The molecular weight excluding hydrogens is 228 g/mol. The van der Waals surface area contributed by atoms with Crippen molar-refractivity contribution in [3.63, 3.8) is 0 Å². The number of ether oxygens (including phenoxy) is 2. The zero-order chi connectivity index (χ0) is 13.4. The molecule has 1 N–H and O–H groups in total. The fraction of sp³-hybridized carbons (Fsp3) is 0.600. The highest BCUT2D eigenvalue weighted by molar-refractivity contribution is 5.35. The zero-order valence-corrected chi connectivity index (χ0v) is 11.6. The van der Waals surface area contributed by atoms with Crippen LogP contribution in [0, 0.1) is 5.92 Å². The van der Waals surface area contributed by atoms with E-state index in [-0.39, 0.29) is 5.92 Å². The molecule has 2 unspecified atom stereocenters. The lowest BCUT2D eigenvalue weighted by Crippen LogP contribution is -2.12. The van der Waals surface area contributed by atoms with Gasteiger partial charge in [-0.25, -0.2) is 0 Å². The predicted molar refractivity (Wildman–Crippen MR) is 72.8 cm³/mol. The molecule has 3 heteroatoms. The van der Waals surface area contributed by atoms with Gasteiger partial charge in [-0.15, -0.1) is 0 Å². The number of para-hydroxylation sites is 1. The summed E-state index contributed by atoms with van der Waals surface area (Å²) in [6, 6.07) is 7.68. The molecule has 0 saturated heterocycles. The molecule has 0 saturated carbocycles. The van der Waals surface area contributed by atoms with E-state index in [1.165, 1.54) is 0 Å². The van der Waals surface area contributed by atoms with E-state index in [9.17, 15) is 5.11 Å². The van der Waals surface area contributed by atoms with Gasteiger partial charge in [-0.3, -0.25) is 0 Å². The second kappa shape index (κ2) is 8.11. The number of rotatable bonds is 8. The first-order valence-corrected chi connectivity index (χ1v) is 6.59. The maximum atomic E-state index is 10.3. The molecule has 0 aromatic heterocycles. The van der Waals surface area contributed by atoms with Crippen molar-refractivity contribution >= 4 is 0 Å². The highest BCUT2D eigenvalue weighted by Crippen LogP contribution is 2.31. The van der Waals surface area contributed by atoms with Gasteiger partial charge in [0.15, 0.2) is 0 Å². The number of hydrogen-bond acceptors (Lipinski definition) is 3. The van der Waals surface area contributed by atoms with Crippen LogP contribution >= 0.6 is 0 Å². The molecule has 0 heterocycles. The summed E-state index contributed by atoms with van der Waals surface area (Å²) in [6.07, 6.45) is 1.61. The average molecular weight is 252 g/mol. The van der Waals surface area contributed by atoms with Crippen LogP contribution in [0.1, 0.15) is 38.4 Å². The summed E-state index contributed by atoms with van der Waals surface area (Å²) >= 11 is 0. The molecule has 0 aliphatic rings. The lowest BCUT2D eigenvalue weighted by molar-refractivity contribution is 0.104. The number of methoxy groups -OCH3 is 1. The van der Waals surface area contributed by atoms with Crippen molar-refractivity contribution < 1.29 is 14.6 Å². The Labute approximate surface area is 110 Å². The summed E-state index contributed by atoms with van der Waals surface area (Å²) in [7, 11) is 1.65. The van der Waals surface area contributed by atoms with Crippen LogP contribution < -0.4 is 4.74 Å². The molecule has 0 spiro atoms. The molecule has 0 bridgehead atoms. The van der Waals surface area contributed by atoms with Crippen LogP contribution in [0.15, 0.2) is 24.3 Å². The Hall–Kier alpha value is -1.06. The molecule has 0 radical (unpaired) electrons. The van der Waals surface area contributed by atoms with Crippen LogP contribution in [-0.2, 0) is 4.74 Å². The molecule has 1 rings (SSSR count). The third-order valence-electron chi connectivity index (χ3n) is 3.07.